The number of hydrogen-bond acceptors (Lipinski definition) is 2. The molecule has 1 amide bonds. The van der Waals surface area contributed by atoms with Crippen molar-refractivity contribution in [1.29, 1.82) is 0 Å². The Balaban J connectivity index is 2.02. The molecule has 1 heterocycles. The van der Waals surface area contributed by atoms with Crippen LogP contribution in [-0.4, -0.2) is 11.7 Å². The predicted octanol–water partition coefficient (Wildman–Crippen LogP) is 2.95. The van der Waals surface area contributed by atoms with Crippen molar-refractivity contribution in [1.82, 2.24) is 0 Å². The van der Waals surface area contributed by atoms with Crippen LogP contribution in [0.15, 0.2) is 35.2 Å². The Labute approximate surface area is 93.8 Å². The van der Waals surface area contributed by atoms with Gasteiger partial charge in [0.1, 0.15) is 0 Å². The van der Waals surface area contributed by atoms with Gasteiger partial charge in [0.2, 0.25) is 0 Å². The summed E-state index contributed by atoms with van der Waals surface area (Å²) in [6.45, 7) is 2.03. The molecule has 1 aliphatic rings. The Kier molecular flexibility index (Phi) is 3.11. The highest BCUT2D eigenvalue weighted by Crippen LogP contribution is 2.22. The minimum absolute atomic E-state index is 0.0313. The molecule has 0 fully saturated rings. The first-order valence-corrected chi connectivity index (χ1v) is 5.99. The van der Waals surface area contributed by atoms with Gasteiger partial charge in [0, 0.05) is 17.0 Å². The van der Waals surface area contributed by atoms with E-state index in [4.69, 9.17) is 0 Å². The van der Waals surface area contributed by atoms with Gasteiger partial charge in [-0.05, 0) is 30.9 Å². The Bertz CT molecular complexity index is 395. The van der Waals surface area contributed by atoms with E-state index in [1.807, 2.05) is 36.6 Å². The monoisotopic (exact) mass is 219 g/mol. The van der Waals surface area contributed by atoms with Crippen LogP contribution in [0.5, 0.6) is 0 Å². The minimum Gasteiger partial charge on any atom is -0.322 e. The molecule has 78 valence electrons. The molecular formula is C12H13NOS. The van der Waals surface area contributed by atoms with Crippen LogP contribution in [0, 0.1) is 6.92 Å². The van der Waals surface area contributed by atoms with Gasteiger partial charge in [-0.1, -0.05) is 17.7 Å². The lowest BCUT2D eigenvalue weighted by atomic mass is 10.2. The molecule has 0 saturated carbocycles. The first-order valence-electron chi connectivity index (χ1n) is 4.94. The van der Waals surface area contributed by atoms with Crippen molar-refractivity contribution in [2.45, 2.75) is 13.3 Å². The van der Waals surface area contributed by atoms with E-state index >= 15 is 0 Å². The van der Waals surface area contributed by atoms with Crippen molar-refractivity contribution in [2.24, 2.45) is 0 Å². The van der Waals surface area contributed by atoms with Gasteiger partial charge >= 0.3 is 0 Å². The highest BCUT2D eigenvalue weighted by molar-refractivity contribution is 8.02. The second-order valence-corrected chi connectivity index (χ2v) is 4.56. The Morgan fingerprint density at radius 2 is 2.07 bits per heavy atom. The molecule has 0 radical (unpaired) electrons. The number of anilines is 1. The standard InChI is InChI=1S/C12H13NOS/c1-9-2-4-11(5-3-9)13-12(14)10-6-7-15-8-10/h2-5,8H,6-7H2,1H3,(H,13,14). The van der Waals surface area contributed by atoms with Crippen LogP contribution in [0.25, 0.3) is 0 Å². The van der Waals surface area contributed by atoms with Gasteiger partial charge in [-0.2, -0.15) is 0 Å². The van der Waals surface area contributed by atoms with Crippen LogP contribution in [0.4, 0.5) is 5.69 Å². The van der Waals surface area contributed by atoms with Gasteiger partial charge in [0.05, 0.1) is 0 Å². The molecule has 2 nitrogen and oxygen atoms in total. The van der Waals surface area contributed by atoms with Gasteiger partial charge in [-0.25, -0.2) is 0 Å². The average molecular weight is 219 g/mol. The first kappa shape index (κ1) is 10.3. The molecule has 0 aliphatic carbocycles. The molecule has 1 aliphatic heterocycles. The fourth-order valence-corrected chi connectivity index (χ4v) is 2.28. The van der Waals surface area contributed by atoms with Gasteiger partial charge in [-0.3, -0.25) is 4.79 Å². The maximum absolute atomic E-state index is 11.7. The zero-order chi connectivity index (χ0) is 10.7. The van der Waals surface area contributed by atoms with E-state index in [1.54, 1.807) is 11.8 Å². The molecule has 1 N–H and O–H groups in total. The van der Waals surface area contributed by atoms with Crippen molar-refractivity contribution in [3.63, 3.8) is 0 Å². The maximum atomic E-state index is 11.7. The van der Waals surface area contributed by atoms with Crippen molar-refractivity contribution in [3.8, 4) is 0 Å². The third kappa shape index (κ3) is 2.63. The number of carbonyl (C=O) groups is 1. The molecule has 0 spiro atoms. The lowest BCUT2D eigenvalue weighted by Crippen LogP contribution is -2.13. The van der Waals surface area contributed by atoms with E-state index in [0.717, 1.165) is 23.4 Å². The molecule has 2 rings (SSSR count). The number of hydrogen-bond donors (Lipinski definition) is 1. The molecule has 0 atom stereocenters. The summed E-state index contributed by atoms with van der Waals surface area (Å²) in [5.74, 6) is 1.06. The average Bonchev–Trinajstić information content (AvgIpc) is 2.74. The number of carbonyl (C=O) groups excluding carboxylic acids is 1. The summed E-state index contributed by atoms with van der Waals surface area (Å²) in [5, 5.41) is 4.84. The topological polar surface area (TPSA) is 29.1 Å². The lowest BCUT2D eigenvalue weighted by molar-refractivity contribution is -0.112. The summed E-state index contributed by atoms with van der Waals surface area (Å²) in [6, 6.07) is 7.84. The molecule has 3 heteroatoms. The van der Waals surface area contributed by atoms with Crippen molar-refractivity contribution in [3.05, 3.63) is 40.8 Å². The zero-order valence-electron chi connectivity index (χ0n) is 8.62. The molecule has 0 saturated heterocycles. The van der Waals surface area contributed by atoms with Gasteiger partial charge in [0.15, 0.2) is 0 Å². The maximum Gasteiger partial charge on any atom is 0.252 e. The Morgan fingerprint density at radius 1 is 1.33 bits per heavy atom. The summed E-state index contributed by atoms with van der Waals surface area (Å²) in [5.41, 5.74) is 2.95. The number of nitrogens with one attached hydrogen (secondary N) is 1. The lowest BCUT2D eigenvalue weighted by Gasteiger charge is -2.05. The highest BCUT2D eigenvalue weighted by atomic mass is 32.2. The van der Waals surface area contributed by atoms with Gasteiger partial charge in [-0.15, -0.1) is 11.8 Å². The summed E-state index contributed by atoms with van der Waals surface area (Å²) in [7, 11) is 0. The van der Waals surface area contributed by atoms with Crippen LogP contribution in [0.2, 0.25) is 0 Å². The SMILES string of the molecule is Cc1ccc(NC(=O)C2=CSCC2)cc1. The summed E-state index contributed by atoms with van der Waals surface area (Å²) in [4.78, 5) is 11.7. The number of amides is 1. The minimum atomic E-state index is 0.0313. The molecule has 15 heavy (non-hydrogen) atoms. The first-order chi connectivity index (χ1) is 7.25. The third-order valence-corrected chi connectivity index (χ3v) is 3.21. The predicted molar refractivity (Wildman–Crippen MR) is 65.0 cm³/mol. The highest BCUT2D eigenvalue weighted by Gasteiger charge is 2.13. The largest absolute Gasteiger partial charge is 0.322 e. The second kappa shape index (κ2) is 4.53. The van der Waals surface area contributed by atoms with Crippen LogP contribution in [0.3, 0.4) is 0 Å². The second-order valence-electron chi connectivity index (χ2n) is 3.58. The van der Waals surface area contributed by atoms with Crippen molar-refractivity contribution < 1.29 is 4.79 Å². The van der Waals surface area contributed by atoms with E-state index in [2.05, 4.69) is 5.32 Å². The number of benzene rings is 1. The summed E-state index contributed by atoms with van der Waals surface area (Å²) >= 11 is 1.70. The van der Waals surface area contributed by atoms with Crippen LogP contribution < -0.4 is 5.32 Å². The smallest absolute Gasteiger partial charge is 0.252 e. The van der Waals surface area contributed by atoms with E-state index in [1.165, 1.54) is 5.56 Å². The molecule has 1 aromatic carbocycles. The Hall–Kier alpha value is -1.22. The number of thioether (sulfide) groups is 1. The van der Waals surface area contributed by atoms with Gasteiger partial charge < -0.3 is 5.32 Å². The quantitative estimate of drug-likeness (QED) is 0.828. The van der Waals surface area contributed by atoms with E-state index in [9.17, 15) is 4.79 Å². The van der Waals surface area contributed by atoms with E-state index in [0.29, 0.717) is 0 Å². The number of aryl methyl sites for hydroxylation is 1. The zero-order valence-corrected chi connectivity index (χ0v) is 9.43. The molecule has 0 bridgehead atoms. The molecule has 0 unspecified atom stereocenters. The summed E-state index contributed by atoms with van der Waals surface area (Å²) in [6.07, 6.45) is 0.877. The van der Waals surface area contributed by atoms with E-state index < -0.39 is 0 Å². The summed E-state index contributed by atoms with van der Waals surface area (Å²) < 4.78 is 0. The van der Waals surface area contributed by atoms with Crippen LogP contribution in [-0.2, 0) is 4.79 Å². The molecule has 0 aromatic heterocycles. The van der Waals surface area contributed by atoms with Crippen LogP contribution >= 0.6 is 11.8 Å². The fraction of sp³-hybridized carbons (Fsp3) is 0.250. The van der Waals surface area contributed by atoms with E-state index in [-0.39, 0.29) is 5.91 Å². The normalized spacial score (nSPS) is 14.9. The third-order valence-electron chi connectivity index (χ3n) is 2.32. The fourth-order valence-electron chi connectivity index (χ4n) is 1.40. The van der Waals surface area contributed by atoms with Crippen LogP contribution in [0.1, 0.15) is 12.0 Å². The van der Waals surface area contributed by atoms with Crippen molar-refractivity contribution >= 4 is 23.4 Å². The Morgan fingerprint density at radius 3 is 2.67 bits per heavy atom. The van der Waals surface area contributed by atoms with Gasteiger partial charge in [0.25, 0.3) is 5.91 Å². The molecule has 1 aromatic rings. The molecular weight excluding hydrogens is 206 g/mol. The number of rotatable bonds is 2. The van der Waals surface area contributed by atoms with Crippen molar-refractivity contribution in [2.75, 3.05) is 11.1 Å².